The summed E-state index contributed by atoms with van der Waals surface area (Å²) in [5.41, 5.74) is 0. The van der Waals surface area contributed by atoms with Gasteiger partial charge in [-0.2, -0.15) is 0 Å². The van der Waals surface area contributed by atoms with E-state index in [2.05, 4.69) is 28.7 Å². The van der Waals surface area contributed by atoms with Crippen molar-refractivity contribution in [3.8, 4) is 0 Å². The summed E-state index contributed by atoms with van der Waals surface area (Å²) in [6, 6.07) is -0.434. The van der Waals surface area contributed by atoms with Crippen molar-refractivity contribution in [2.24, 2.45) is 22.7 Å². The second-order valence-electron chi connectivity index (χ2n) is 13.9. The lowest BCUT2D eigenvalue weighted by atomic mass is 9.76. The first-order valence-electron chi connectivity index (χ1n) is 16.5. The van der Waals surface area contributed by atoms with Crippen LogP contribution in [0.25, 0.3) is 0 Å². The number of methoxy groups -OCH3 is 2. The molecule has 43 heavy (non-hydrogen) atoms. The van der Waals surface area contributed by atoms with E-state index in [1.165, 1.54) is 44.1 Å². The number of piperidine rings is 1. The van der Waals surface area contributed by atoms with Crippen molar-refractivity contribution in [3.05, 3.63) is 0 Å². The highest BCUT2D eigenvalue weighted by molar-refractivity contribution is 6.00. The predicted molar refractivity (Wildman–Crippen MR) is 162 cm³/mol. The van der Waals surface area contributed by atoms with Crippen LogP contribution in [-0.2, 0) is 19.0 Å². The van der Waals surface area contributed by atoms with Gasteiger partial charge in [-0.15, -0.1) is 0 Å². The Bertz CT molecular complexity index is 1050. The summed E-state index contributed by atoms with van der Waals surface area (Å²) in [6.45, 7) is 3.43. The van der Waals surface area contributed by atoms with Gasteiger partial charge in [0, 0.05) is 47.1 Å². The number of nitrogens with one attached hydrogen (secondary N) is 2. The molecule has 2 aliphatic carbocycles. The molecule has 0 aromatic carbocycles. The topological polar surface area (TPSA) is 111 Å². The molecular formula is C31H53N7O5. The van der Waals surface area contributed by atoms with E-state index in [4.69, 9.17) is 19.2 Å². The molecule has 0 aromatic heterocycles. The Kier molecular flexibility index (Phi) is 9.45. The van der Waals surface area contributed by atoms with Gasteiger partial charge in [0.15, 0.2) is 6.35 Å². The number of rotatable bonds is 7. The molecule has 2 saturated carbocycles. The van der Waals surface area contributed by atoms with E-state index in [1.54, 1.807) is 19.1 Å². The average Bonchev–Trinajstić information content (AvgIpc) is 3.56. The lowest BCUT2D eigenvalue weighted by Gasteiger charge is -2.39. The van der Waals surface area contributed by atoms with Gasteiger partial charge in [-0.05, 0) is 82.6 Å². The van der Waals surface area contributed by atoms with Crippen LogP contribution in [0.5, 0.6) is 0 Å². The Balaban J connectivity index is 1.09. The zero-order valence-corrected chi connectivity index (χ0v) is 26.9. The molecule has 4 aliphatic heterocycles. The Hall–Kier alpha value is -1.67. The zero-order chi connectivity index (χ0) is 30.4. The van der Waals surface area contributed by atoms with Gasteiger partial charge in [0.05, 0.1) is 24.5 Å². The van der Waals surface area contributed by atoms with Crippen LogP contribution in [0.3, 0.4) is 0 Å². The molecule has 0 aromatic rings. The summed E-state index contributed by atoms with van der Waals surface area (Å²) in [5, 5.41) is 7.38. The molecule has 12 atom stereocenters. The van der Waals surface area contributed by atoms with Crippen LogP contribution in [0.1, 0.15) is 64.7 Å². The van der Waals surface area contributed by atoms with E-state index in [0.29, 0.717) is 36.1 Å². The Morgan fingerprint density at radius 3 is 2.47 bits per heavy atom. The maximum absolute atomic E-state index is 12.9. The second-order valence-corrected chi connectivity index (χ2v) is 13.9. The van der Waals surface area contributed by atoms with E-state index < -0.39 is 18.6 Å². The number of hydrogen-bond donors (Lipinski definition) is 2. The van der Waals surface area contributed by atoms with Crippen LogP contribution in [0.15, 0.2) is 4.99 Å². The van der Waals surface area contributed by atoms with Gasteiger partial charge in [0.25, 0.3) is 5.91 Å². The molecule has 6 rings (SSSR count). The molecule has 4 saturated heterocycles. The number of imide groups is 1. The first-order valence-corrected chi connectivity index (χ1v) is 16.5. The number of ether oxygens (including phenoxy) is 3. The SMILES string of the molecule is COC1CC(C2NC3CCCCN3C2/N=C/C2CCC(OC3NC4C(C(=O)N(C)C(=O)N4C)N3C)C(OC)C2)CCC1C. The Labute approximate surface area is 256 Å². The van der Waals surface area contributed by atoms with Gasteiger partial charge in [-0.25, -0.2) is 4.79 Å². The molecular weight excluding hydrogens is 550 g/mol. The fraction of sp³-hybridized carbons (Fsp3) is 0.903. The lowest BCUT2D eigenvalue weighted by Crippen LogP contribution is -2.64. The molecule has 3 amide bonds. The number of urea groups is 1. The van der Waals surface area contributed by atoms with Crippen molar-refractivity contribution in [1.82, 2.24) is 30.2 Å². The van der Waals surface area contributed by atoms with E-state index >= 15 is 0 Å². The molecule has 6 fully saturated rings. The van der Waals surface area contributed by atoms with Crippen molar-refractivity contribution < 1.29 is 23.8 Å². The highest BCUT2D eigenvalue weighted by Crippen LogP contribution is 2.39. The third-order valence-electron chi connectivity index (χ3n) is 11.4. The number of carbonyl (C=O) groups excluding carboxylic acids is 2. The standard InChI is InChI=1S/C31H53N7O5/c1-18-10-12-20(16-22(18)41-5)25-27(38-14-8-7-9-24(38)33-25)32-17-19-11-13-21(23(15-19)42-6)43-30-34-28-26(35(30)2)29(39)37(4)31(40)36(28)3/h17-28,30,33-34H,7-16H2,1-6H3/b32-17+. The zero-order valence-electron chi connectivity index (χ0n) is 26.9. The summed E-state index contributed by atoms with van der Waals surface area (Å²) in [5.74, 6) is 1.30. The third kappa shape index (κ3) is 5.89. The maximum Gasteiger partial charge on any atom is 0.327 e. The molecule has 12 unspecified atom stereocenters. The molecule has 12 nitrogen and oxygen atoms in total. The van der Waals surface area contributed by atoms with Crippen molar-refractivity contribution in [2.75, 3.05) is 41.9 Å². The first-order chi connectivity index (χ1) is 20.7. The summed E-state index contributed by atoms with van der Waals surface area (Å²) in [7, 11) is 8.74. The largest absolute Gasteiger partial charge is 0.381 e. The second kappa shape index (κ2) is 13.0. The smallest absolute Gasteiger partial charge is 0.327 e. The highest BCUT2D eigenvalue weighted by Gasteiger charge is 2.53. The van der Waals surface area contributed by atoms with Gasteiger partial charge < -0.3 is 19.1 Å². The van der Waals surface area contributed by atoms with Crippen LogP contribution in [0.2, 0.25) is 0 Å². The van der Waals surface area contributed by atoms with Crippen LogP contribution < -0.4 is 10.6 Å². The molecule has 0 spiro atoms. The molecule has 4 heterocycles. The normalized spacial score (nSPS) is 44.8. The first kappa shape index (κ1) is 31.3. The molecule has 2 N–H and O–H groups in total. The summed E-state index contributed by atoms with van der Waals surface area (Å²) in [4.78, 5) is 38.0. The summed E-state index contributed by atoms with van der Waals surface area (Å²) in [6.07, 6.45) is 12.0. The number of nitrogens with zero attached hydrogens (tertiary/aromatic N) is 5. The molecule has 0 radical (unpaired) electrons. The van der Waals surface area contributed by atoms with Gasteiger partial charge in [0.1, 0.15) is 18.4 Å². The maximum atomic E-state index is 12.9. The van der Waals surface area contributed by atoms with Crippen LogP contribution in [0, 0.1) is 17.8 Å². The van der Waals surface area contributed by atoms with Crippen LogP contribution in [-0.4, -0.2) is 135 Å². The molecule has 0 bridgehead atoms. The van der Waals surface area contributed by atoms with Gasteiger partial charge in [-0.3, -0.25) is 35.1 Å². The van der Waals surface area contributed by atoms with E-state index in [9.17, 15) is 9.59 Å². The Morgan fingerprint density at radius 1 is 0.907 bits per heavy atom. The highest BCUT2D eigenvalue weighted by atomic mass is 16.6. The number of likely N-dealkylation sites (N-methyl/N-ethyl adjacent to an activating group) is 3. The monoisotopic (exact) mass is 603 g/mol. The third-order valence-corrected chi connectivity index (χ3v) is 11.4. The number of hydrogen-bond acceptors (Lipinski definition) is 10. The van der Waals surface area contributed by atoms with Gasteiger partial charge in [-0.1, -0.05) is 6.92 Å². The number of fused-ring (bicyclic) bond motifs is 2. The predicted octanol–water partition coefficient (Wildman–Crippen LogP) is 1.86. The van der Waals surface area contributed by atoms with Gasteiger partial charge >= 0.3 is 6.03 Å². The quantitative estimate of drug-likeness (QED) is 0.422. The lowest BCUT2D eigenvalue weighted by molar-refractivity contribution is -0.157. The summed E-state index contributed by atoms with van der Waals surface area (Å²) >= 11 is 0. The molecule has 242 valence electrons. The van der Waals surface area contributed by atoms with Crippen molar-refractivity contribution in [2.45, 2.75) is 120 Å². The number of carbonyl (C=O) groups is 2. The van der Waals surface area contributed by atoms with E-state index in [-0.39, 0.29) is 30.3 Å². The van der Waals surface area contributed by atoms with Crippen LogP contribution >= 0.6 is 0 Å². The summed E-state index contributed by atoms with van der Waals surface area (Å²) < 4.78 is 18.4. The van der Waals surface area contributed by atoms with Gasteiger partial charge in [0.2, 0.25) is 0 Å². The van der Waals surface area contributed by atoms with Crippen molar-refractivity contribution in [1.29, 1.82) is 0 Å². The fourth-order valence-electron chi connectivity index (χ4n) is 8.67. The van der Waals surface area contributed by atoms with E-state index in [1.807, 2.05) is 19.1 Å². The average molecular weight is 604 g/mol. The fourth-order valence-corrected chi connectivity index (χ4v) is 8.67. The minimum atomic E-state index is -0.486. The van der Waals surface area contributed by atoms with Crippen molar-refractivity contribution in [3.63, 3.8) is 0 Å². The van der Waals surface area contributed by atoms with E-state index in [0.717, 1.165) is 32.2 Å². The number of aliphatic imine (C=N–C) groups is 1. The van der Waals surface area contributed by atoms with Crippen molar-refractivity contribution >= 4 is 18.2 Å². The minimum Gasteiger partial charge on any atom is -0.381 e. The molecule has 12 heteroatoms. The Morgan fingerprint density at radius 2 is 1.70 bits per heavy atom. The van der Waals surface area contributed by atoms with Crippen LogP contribution in [0.4, 0.5) is 4.79 Å². The molecule has 6 aliphatic rings. The minimum absolute atomic E-state index is 0.0803. The number of amides is 3.